The Kier molecular flexibility index (Phi) is 3.87. The minimum absolute atomic E-state index is 0.00700. The standard InChI is InChI=1S/C15H13N3O2S/c1-18-8-12(7-16-18)14(19)10-21-15-17-13(9-20-15)11-5-3-2-4-6-11/h2-9H,10H2,1H3. The maximum Gasteiger partial charge on any atom is 0.256 e. The van der Waals surface area contributed by atoms with Gasteiger partial charge in [0.15, 0.2) is 5.78 Å². The quantitative estimate of drug-likeness (QED) is 0.535. The maximum atomic E-state index is 12.0. The monoisotopic (exact) mass is 299 g/mol. The summed E-state index contributed by atoms with van der Waals surface area (Å²) >= 11 is 1.28. The van der Waals surface area contributed by atoms with Gasteiger partial charge in [0.1, 0.15) is 12.0 Å². The minimum atomic E-state index is 0.00700. The summed E-state index contributed by atoms with van der Waals surface area (Å²) in [5, 5.41) is 4.48. The molecule has 0 fully saturated rings. The van der Waals surface area contributed by atoms with Gasteiger partial charge in [-0.15, -0.1) is 0 Å². The molecular formula is C15H13N3O2S. The molecule has 0 saturated carbocycles. The predicted octanol–water partition coefficient (Wildman–Crippen LogP) is 3.05. The molecule has 0 N–H and O–H groups in total. The van der Waals surface area contributed by atoms with E-state index in [1.807, 2.05) is 30.3 Å². The van der Waals surface area contributed by atoms with Crippen LogP contribution in [0.15, 0.2) is 58.6 Å². The number of Topliss-reactive ketones (excluding diaryl/α,β-unsaturated/α-hetero) is 1. The Morgan fingerprint density at radius 1 is 1.33 bits per heavy atom. The summed E-state index contributed by atoms with van der Waals surface area (Å²) in [5.41, 5.74) is 2.36. The van der Waals surface area contributed by atoms with E-state index in [1.165, 1.54) is 11.8 Å². The topological polar surface area (TPSA) is 60.9 Å². The van der Waals surface area contributed by atoms with E-state index in [0.29, 0.717) is 10.8 Å². The van der Waals surface area contributed by atoms with E-state index < -0.39 is 0 Å². The lowest BCUT2D eigenvalue weighted by atomic mass is 10.2. The first kappa shape index (κ1) is 13.6. The molecule has 0 aliphatic heterocycles. The fraction of sp³-hybridized carbons (Fsp3) is 0.133. The maximum absolute atomic E-state index is 12.0. The summed E-state index contributed by atoms with van der Waals surface area (Å²) in [6.07, 6.45) is 4.87. The van der Waals surface area contributed by atoms with Crippen LogP contribution in [0.1, 0.15) is 10.4 Å². The van der Waals surface area contributed by atoms with Crippen molar-refractivity contribution in [3.05, 3.63) is 54.6 Å². The molecule has 21 heavy (non-hydrogen) atoms. The van der Waals surface area contributed by atoms with Gasteiger partial charge in [-0.1, -0.05) is 42.1 Å². The first-order chi connectivity index (χ1) is 10.2. The number of benzene rings is 1. The van der Waals surface area contributed by atoms with E-state index in [9.17, 15) is 4.79 Å². The number of thioether (sulfide) groups is 1. The smallest absolute Gasteiger partial charge is 0.256 e. The Balaban J connectivity index is 1.64. The molecule has 5 nitrogen and oxygen atoms in total. The second-order valence-corrected chi connectivity index (χ2v) is 5.41. The first-order valence-corrected chi connectivity index (χ1v) is 7.36. The number of aryl methyl sites for hydroxylation is 1. The molecule has 2 heterocycles. The third-order valence-corrected chi connectivity index (χ3v) is 3.75. The molecule has 106 valence electrons. The van der Waals surface area contributed by atoms with Gasteiger partial charge in [0, 0.05) is 18.8 Å². The second-order valence-electron chi connectivity index (χ2n) is 4.48. The molecule has 0 atom stereocenters. The minimum Gasteiger partial charge on any atom is -0.439 e. The lowest BCUT2D eigenvalue weighted by Gasteiger charge is -1.94. The molecule has 2 aromatic heterocycles. The van der Waals surface area contributed by atoms with Crippen molar-refractivity contribution in [1.82, 2.24) is 14.8 Å². The summed E-state index contributed by atoms with van der Waals surface area (Å²) in [6, 6.07) is 9.78. The average molecular weight is 299 g/mol. The van der Waals surface area contributed by atoms with Gasteiger partial charge in [-0.3, -0.25) is 9.48 Å². The molecular weight excluding hydrogens is 286 g/mol. The number of rotatable bonds is 5. The van der Waals surface area contributed by atoms with Crippen LogP contribution >= 0.6 is 11.8 Å². The van der Waals surface area contributed by atoms with E-state index in [4.69, 9.17) is 4.42 Å². The van der Waals surface area contributed by atoms with Crippen LogP contribution in [0, 0.1) is 0 Å². The average Bonchev–Trinajstić information content (AvgIpc) is 3.15. The Bertz CT molecular complexity index is 749. The van der Waals surface area contributed by atoms with E-state index in [2.05, 4.69) is 10.1 Å². The van der Waals surface area contributed by atoms with Crippen molar-refractivity contribution >= 4 is 17.5 Å². The first-order valence-electron chi connectivity index (χ1n) is 6.38. The van der Waals surface area contributed by atoms with Crippen LogP contribution in [-0.2, 0) is 7.05 Å². The molecule has 0 radical (unpaired) electrons. The molecule has 0 aliphatic carbocycles. The Morgan fingerprint density at radius 3 is 2.86 bits per heavy atom. The van der Waals surface area contributed by atoms with Gasteiger partial charge in [-0.05, 0) is 0 Å². The Morgan fingerprint density at radius 2 is 2.14 bits per heavy atom. The van der Waals surface area contributed by atoms with E-state index in [-0.39, 0.29) is 11.5 Å². The van der Waals surface area contributed by atoms with Gasteiger partial charge in [0.05, 0.1) is 17.5 Å². The Labute approximate surface area is 126 Å². The molecule has 0 bridgehead atoms. The van der Waals surface area contributed by atoms with Gasteiger partial charge in [0.25, 0.3) is 5.22 Å². The van der Waals surface area contributed by atoms with E-state index >= 15 is 0 Å². The number of hydrogen-bond acceptors (Lipinski definition) is 5. The fourth-order valence-corrected chi connectivity index (χ4v) is 2.54. The van der Waals surface area contributed by atoms with Crippen molar-refractivity contribution in [2.24, 2.45) is 7.05 Å². The van der Waals surface area contributed by atoms with Gasteiger partial charge < -0.3 is 4.42 Å². The van der Waals surface area contributed by atoms with Crippen LogP contribution < -0.4 is 0 Å². The highest BCUT2D eigenvalue weighted by molar-refractivity contribution is 7.99. The van der Waals surface area contributed by atoms with Crippen LogP contribution in [0.4, 0.5) is 0 Å². The molecule has 0 aliphatic rings. The number of carbonyl (C=O) groups excluding carboxylic acids is 1. The lowest BCUT2D eigenvalue weighted by molar-refractivity contribution is 0.102. The fourth-order valence-electron chi connectivity index (χ4n) is 1.84. The molecule has 3 aromatic rings. The molecule has 0 unspecified atom stereocenters. The zero-order valence-electron chi connectivity index (χ0n) is 11.4. The van der Waals surface area contributed by atoms with Crippen molar-refractivity contribution in [3.63, 3.8) is 0 Å². The summed E-state index contributed by atoms with van der Waals surface area (Å²) in [4.78, 5) is 16.3. The van der Waals surface area contributed by atoms with Gasteiger partial charge >= 0.3 is 0 Å². The number of ketones is 1. The third kappa shape index (κ3) is 3.22. The van der Waals surface area contributed by atoms with Crippen LogP contribution in [0.25, 0.3) is 11.3 Å². The summed E-state index contributed by atoms with van der Waals surface area (Å²) in [6.45, 7) is 0. The van der Waals surface area contributed by atoms with E-state index in [1.54, 1.807) is 30.4 Å². The summed E-state index contributed by atoms with van der Waals surface area (Å²) in [7, 11) is 1.78. The SMILES string of the molecule is Cn1cc(C(=O)CSc2nc(-c3ccccc3)co2)cn1. The third-order valence-electron chi connectivity index (χ3n) is 2.91. The highest BCUT2D eigenvalue weighted by Crippen LogP contribution is 2.24. The van der Waals surface area contributed by atoms with Gasteiger partial charge in [-0.25, -0.2) is 4.98 Å². The number of oxazole rings is 1. The molecule has 3 rings (SSSR count). The van der Waals surface area contributed by atoms with Crippen molar-refractivity contribution < 1.29 is 9.21 Å². The van der Waals surface area contributed by atoms with Crippen LogP contribution in [0.3, 0.4) is 0 Å². The predicted molar refractivity (Wildman–Crippen MR) is 80.2 cm³/mol. The van der Waals surface area contributed by atoms with Gasteiger partial charge in [-0.2, -0.15) is 5.10 Å². The van der Waals surface area contributed by atoms with Crippen molar-refractivity contribution in [2.45, 2.75) is 5.22 Å². The second kappa shape index (κ2) is 5.97. The molecule has 1 aromatic carbocycles. The number of carbonyl (C=O) groups is 1. The van der Waals surface area contributed by atoms with Crippen LogP contribution in [0.2, 0.25) is 0 Å². The van der Waals surface area contributed by atoms with Crippen molar-refractivity contribution in [2.75, 3.05) is 5.75 Å². The molecule has 0 amide bonds. The zero-order valence-corrected chi connectivity index (χ0v) is 12.2. The molecule has 6 heteroatoms. The summed E-state index contributed by atoms with van der Waals surface area (Å²) < 4.78 is 7.00. The van der Waals surface area contributed by atoms with Crippen LogP contribution in [0.5, 0.6) is 0 Å². The lowest BCUT2D eigenvalue weighted by Crippen LogP contribution is -2.00. The van der Waals surface area contributed by atoms with Crippen molar-refractivity contribution in [3.8, 4) is 11.3 Å². The zero-order chi connectivity index (χ0) is 14.7. The number of aromatic nitrogens is 3. The number of nitrogens with zero attached hydrogens (tertiary/aromatic N) is 3. The van der Waals surface area contributed by atoms with Gasteiger partial charge in [0.2, 0.25) is 0 Å². The Hall–Kier alpha value is -2.34. The highest BCUT2D eigenvalue weighted by Gasteiger charge is 2.12. The van der Waals surface area contributed by atoms with Crippen molar-refractivity contribution in [1.29, 1.82) is 0 Å². The van der Waals surface area contributed by atoms with E-state index in [0.717, 1.165) is 11.3 Å². The summed E-state index contributed by atoms with van der Waals surface area (Å²) in [5.74, 6) is 0.285. The normalized spacial score (nSPS) is 10.7. The number of hydrogen-bond donors (Lipinski definition) is 0. The molecule has 0 saturated heterocycles. The van der Waals surface area contributed by atoms with Crippen LogP contribution in [-0.4, -0.2) is 26.3 Å². The largest absolute Gasteiger partial charge is 0.439 e. The highest BCUT2D eigenvalue weighted by atomic mass is 32.2. The molecule has 0 spiro atoms.